The molecule has 0 aliphatic carbocycles. The van der Waals surface area contributed by atoms with Crippen LogP contribution in [-0.2, 0) is 10.0 Å². The van der Waals surface area contributed by atoms with Crippen LogP contribution in [0.3, 0.4) is 0 Å². The van der Waals surface area contributed by atoms with Crippen LogP contribution in [0.5, 0.6) is 0 Å². The van der Waals surface area contributed by atoms with Crippen LogP contribution in [0, 0.1) is 25.5 Å². The van der Waals surface area contributed by atoms with Crippen LogP contribution in [0.15, 0.2) is 35.2 Å². The van der Waals surface area contributed by atoms with Crippen molar-refractivity contribution in [2.24, 2.45) is 0 Å². The molecule has 1 aromatic heterocycles. The first kappa shape index (κ1) is 21.3. The number of hydrogen-bond donors (Lipinski definition) is 2. The van der Waals surface area contributed by atoms with Crippen LogP contribution < -0.4 is 4.72 Å². The highest BCUT2D eigenvalue weighted by molar-refractivity contribution is 7.89. The predicted molar refractivity (Wildman–Crippen MR) is 103 cm³/mol. The third-order valence-corrected chi connectivity index (χ3v) is 6.56. The minimum atomic E-state index is -4.21. The Morgan fingerprint density at radius 2 is 1.86 bits per heavy atom. The number of nitrogens with one attached hydrogen (secondary N) is 2. The molecule has 2 aromatic carbocycles. The number of aromatic nitrogens is 4. The van der Waals surface area contributed by atoms with Crippen molar-refractivity contribution in [1.82, 2.24) is 25.3 Å². The summed E-state index contributed by atoms with van der Waals surface area (Å²) in [6.45, 7) is 5.23. The van der Waals surface area contributed by atoms with Crippen molar-refractivity contribution >= 4 is 21.6 Å². The monoisotopic (exact) mass is 441 g/mol. The number of rotatable bonds is 6. The van der Waals surface area contributed by atoms with E-state index in [0.29, 0.717) is 11.1 Å². The van der Waals surface area contributed by atoms with Gasteiger partial charge in [-0.1, -0.05) is 29.8 Å². The summed E-state index contributed by atoms with van der Waals surface area (Å²) in [4.78, 5) is -0.332. The minimum Gasteiger partial charge on any atom is -0.207 e. The molecular weight excluding hydrogens is 424 g/mol. The molecule has 0 amide bonds. The standard InChI is InChI=1S/C18H18ClF2N5O2S/c1-9-4-7-14(20)16(10(9)2)11(3)17(18-22-25-26-23-18)24-29(27,28)12-5-6-13(19)15(21)8-12/h4-8,11,17,24H,1-3H3,(H,22,23,25,26)/t11-,17+/m1/s1. The van der Waals surface area contributed by atoms with Crippen molar-refractivity contribution in [2.45, 2.75) is 37.6 Å². The summed E-state index contributed by atoms with van der Waals surface area (Å²) in [5, 5.41) is 13.3. The molecule has 3 rings (SSSR count). The number of aromatic amines is 1. The largest absolute Gasteiger partial charge is 0.241 e. The fourth-order valence-electron chi connectivity index (χ4n) is 3.09. The van der Waals surface area contributed by atoms with Crippen molar-refractivity contribution < 1.29 is 17.2 Å². The van der Waals surface area contributed by atoms with Gasteiger partial charge in [0.25, 0.3) is 0 Å². The average Bonchev–Trinajstić information content (AvgIpc) is 3.19. The maximum atomic E-state index is 14.6. The summed E-state index contributed by atoms with van der Waals surface area (Å²) >= 11 is 5.63. The normalized spacial score (nSPS) is 14.0. The first-order valence-corrected chi connectivity index (χ1v) is 10.4. The quantitative estimate of drug-likeness (QED) is 0.609. The van der Waals surface area contributed by atoms with Gasteiger partial charge in [-0.15, -0.1) is 10.2 Å². The maximum absolute atomic E-state index is 14.6. The van der Waals surface area contributed by atoms with E-state index in [1.807, 2.05) is 6.92 Å². The Labute approximate surface area is 171 Å². The molecule has 2 atom stereocenters. The zero-order valence-electron chi connectivity index (χ0n) is 15.7. The lowest BCUT2D eigenvalue weighted by Gasteiger charge is -2.25. The topological polar surface area (TPSA) is 101 Å². The van der Waals surface area contributed by atoms with Gasteiger partial charge in [-0.2, -0.15) is 9.94 Å². The highest BCUT2D eigenvalue weighted by Gasteiger charge is 2.32. The molecule has 29 heavy (non-hydrogen) atoms. The van der Waals surface area contributed by atoms with Crippen molar-refractivity contribution in [3.8, 4) is 0 Å². The van der Waals surface area contributed by atoms with E-state index in [-0.39, 0.29) is 15.7 Å². The molecule has 0 fully saturated rings. The molecule has 2 N–H and O–H groups in total. The second-order valence-electron chi connectivity index (χ2n) is 6.64. The van der Waals surface area contributed by atoms with E-state index in [0.717, 1.165) is 17.7 Å². The number of benzene rings is 2. The summed E-state index contributed by atoms with van der Waals surface area (Å²) in [5.74, 6) is -2.03. The highest BCUT2D eigenvalue weighted by Crippen LogP contribution is 2.35. The second-order valence-corrected chi connectivity index (χ2v) is 8.76. The lowest BCUT2D eigenvalue weighted by Crippen LogP contribution is -2.33. The number of aryl methyl sites for hydroxylation is 1. The fraction of sp³-hybridized carbons (Fsp3) is 0.278. The summed E-state index contributed by atoms with van der Waals surface area (Å²) in [6.07, 6.45) is 0. The van der Waals surface area contributed by atoms with Gasteiger partial charge in [0.15, 0.2) is 5.82 Å². The van der Waals surface area contributed by atoms with Gasteiger partial charge >= 0.3 is 0 Å². The van der Waals surface area contributed by atoms with E-state index in [4.69, 9.17) is 11.6 Å². The second kappa shape index (κ2) is 8.13. The molecule has 1 heterocycles. The molecule has 7 nitrogen and oxygen atoms in total. The molecule has 0 bridgehead atoms. The molecule has 0 aliphatic rings. The van der Waals surface area contributed by atoms with Gasteiger partial charge < -0.3 is 0 Å². The first-order valence-electron chi connectivity index (χ1n) is 8.58. The van der Waals surface area contributed by atoms with Gasteiger partial charge in [-0.3, -0.25) is 0 Å². The molecule has 0 unspecified atom stereocenters. The van der Waals surface area contributed by atoms with E-state index < -0.39 is 33.6 Å². The Bertz CT molecular complexity index is 1140. The molecule has 0 spiro atoms. The zero-order chi connectivity index (χ0) is 21.3. The van der Waals surface area contributed by atoms with E-state index in [1.54, 1.807) is 19.9 Å². The first-order chi connectivity index (χ1) is 13.6. The Balaban J connectivity index is 2.05. The van der Waals surface area contributed by atoms with Crippen LogP contribution in [0.4, 0.5) is 8.78 Å². The Kier molecular flexibility index (Phi) is 5.97. The van der Waals surface area contributed by atoms with E-state index >= 15 is 0 Å². The number of tetrazole rings is 1. The van der Waals surface area contributed by atoms with Crippen molar-refractivity contribution in [2.75, 3.05) is 0 Å². The molecule has 0 saturated heterocycles. The van der Waals surface area contributed by atoms with Crippen LogP contribution in [0.1, 0.15) is 41.4 Å². The van der Waals surface area contributed by atoms with E-state index in [2.05, 4.69) is 25.3 Å². The SMILES string of the molecule is Cc1ccc(F)c([C@@H](C)[C@H](NS(=O)(=O)c2ccc(Cl)c(F)c2)c2nn[nH]n2)c1C. The summed E-state index contributed by atoms with van der Waals surface area (Å²) < 4.78 is 56.6. The van der Waals surface area contributed by atoms with Gasteiger partial charge in [-0.25, -0.2) is 17.2 Å². The maximum Gasteiger partial charge on any atom is 0.241 e. The van der Waals surface area contributed by atoms with E-state index in [1.165, 1.54) is 12.1 Å². The molecular formula is C18H18ClF2N5O2S. The Morgan fingerprint density at radius 3 is 2.48 bits per heavy atom. The Hall–Kier alpha value is -2.43. The van der Waals surface area contributed by atoms with Crippen LogP contribution >= 0.6 is 11.6 Å². The van der Waals surface area contributed by atoms with Crippen LogP contribution in [0.2, 0.25) is 5.02 Å². The molecule has 0 saturated carbocycles. The van der Waals surface area contributed by atoms with Crippen molar-refractivity contribution in [3.63, 3.8) is 0 Å². The molecule has 0 radical (unpaired) electrons. The molecule has 3 aromatic rings. The van der Waals surface area contributed by atoms with Crippen LogP contribution in [0.25, 0.3) is 0 Å². The van der Waals surface area contributed by atoms with E-state index in [9.17, 15) is 17.2 Å². The van der Waals surface area contributed by atoms with Gasteiger partial charge in [0.1, 0.15) is 11.6 Å². The van der Waals surface area contributed by atoms with Gasteiger partial charge in [0.2, 0.25) is 10.0 Å². The Morgan fingerprint density at radius 1 is 1.14 bits per heavy atom. The van der Waals surface area contributed by atoms with Gasteiger partial charge in [-0.05, 0) is 54.8 Å². The summed E-state index contributed by atoms with van der Waals surface area (Å²) in [7, 11) is -4.21. The third-order valence-electron chi connectivity index (χ3n) is 4.81. The van der Waals surface area contributed by atoms with Crippen molar-refractivity contribution in [1.29, 1.82) is 0 Å². The smallest absolute Gasteiger partial charge is 0.207 e. The average molecular weight is 442 g/mol. The molecule has 11 heteroatoms. The van der Waals surface area contributed by atoms with Gasteiger partial charge in [0.05, 0.1) is 16.0 Å². The number of halogens is 3. The zero-order valence-corrected chi connectivity index (χ0v) is 17.3. The fourth-order valence-corrected chi connectivity index (χ4v) is 4.49. The minimum absolute atomic E-state index is 0.0239. The predicted octanol–water partition coefficient (Wildman–Crippen LogP) is 3.57. The lowest BCUT2D eigenvalue weighted by atomic mass is 9.88. The summed E-state index contributed by atoms with van der Waals surface area (Å²) in [6, 6.07) is 5.02. The lowest BCUT2D eigenvalue weighted by molar-refractivity contribution is 0.478. The number of hydrogen-bond acceptors (Lipinski definition) is 5. The number of sulfonamides is 1. The van der Waals surface area contributed by atoms with Gasteiger partial charge in [0, 0.05) is 5.92 Å². The van der Waals surface area contributed by atoms with Crippen molar-refractivity contribution in [3.05, 3.63) is 69.5 Å². The number of H-pyrrole nitrogens is 1. The molecule has 154 valence electrons. The number of nitrogens with zero attached hydrogens (tertiary/aromatic N) is 3. The third kappa shape index (κ3) is 4.29. The van der Waals surface area contributed by atoms with Crippen LogP contribution in [-0.4, -0.2) is 29.0 Å². The molecule has 0 aliphatic heterocycles. The summed E-state index contributed by atoms with van der Waals surface area (Å²) in [5.41, 5.74) is 1.86. The highest BCUT2D eigenvalue weighted by atomic mass is 35.5.